The average molecular weight is 286 g/mol. The standard InChI is InChI=1S/C9H11BF3N2S.K/c1-6(10(11,12)13)5-16-9-14-7(2)4-8(3)15-9;/h4H,1,5H2,2-3H3;/q-1;+1. The molecule has 1 aromatic heterocycles. The summed E-state index contributed by atoms with van der Waals surface area (Å²) in [6.07, 6.45) is 0. The van der Waals surface area contributed by atoms with Gasteiger partial charge in [-0.1, -0.05) is 11.8 Å². The summed E-state index contributed by atoms with van der Waals surface area (Å²) in [7, 11) is 0. The van der Waals surface area contributed by atoms with Crippen LogP contribution in [0.1, 0.15) is 11.4 Å². The third-order valence-corrected chi connectivity index (χ3v) is 2.77. The first kappa shape index (κ1) is 17.7. The van der Waals surface area contributed by atoms with Crippen molar-refractivity contribution < 1.29 is 64.3 Å². The monoisotopic (exact) mass is 286 g/mol. The summed E-state index contributed by atoms with van der Waals surface area (Å²) in [4.78, 5) is 8.08. The maximum atomic E-state index is 12.2. The maximum absolute atomic E-state index is 12.2. The van der Waals surface area contributed by atoms with Gasteiger partial charge in [0.2, 0.25) is 0 Å². The Labute approximate surface area is 145 Å². The van der Waals surface area contributed by atoms with Crippen LogP contribution in [0.2, 0.25) is 0 Å². The molecule has 0 aromatic carbocycles. The van der Waals surface area contributed by atoms with Gasteiger partial charge >= 0.3 is 58.4 Å². The van der Waals surface area contributed by atoms with E-state index in [1.807, 2.05) is 0 Å². The van der Waals surface area contributed by atoms with Crippen LogP contribution in [0.4, 0.5) is 12.9 Å². The predicted molar refractivity (Wildman–Crippen MR) is 60.4 cm³/mol. The van der Waals surface area contributed by atoms with Crippen molar-refractivity contribution in [1.82, 2.24) is 9.97 Å². The minimum Gasteiger partial charge on any atom is -0.445 e. The molecule has 0 aliphatic rings. The zero-order valence-corrected chi connectivity index (χ0v) is 13.9. The van der Waals surface area contributed by atoms with Crippen molar-refractivity contribution in [3.63, 3.8) is 0 Å². The number of hydrogen-bond donors (Lipinski definition) is 0. The molecule has 88 valence electrons. The second-order valence-electron chi connectivity index (χ2n) is 3.45. The van der Waals surface area contributed by atoms with Crippen LogP contribution >= 0.6 is 11.8 Å². The molecule has 0 radical (unpaired) electrons. The molecule has 0 aliphatic heterocycles. The second kappa shape index (κ2) is 7.30. The van der Waals surface area contributed by atoms with E-state index in [0.717, 1.165) is 23.1 Å². The van der Waals surface area contributed by atoms with Crippen molar-refractivity contribution in [2.24, 2.45) is 0 Å². The van der Waals surface area contributed by atoms with Crippen LogP contribution in [0.25, 0.3) is 0 Å². The summed E-state index contributed by atoms with van der Waals surface area (Å²) in [6, 6.07) is 1.77. The Morgan fingerprint density at radius 2 is 1.76 bits per heavy atom. The smallest absolute Gasteiger partial charge is 0.445 e. The Morgan fingerprint density at radius 1 is 1.29 bits per heavy atom. The molecular weight excluding hydrogens is 275 g/mol. The van der Waals surface area contributed by atoms with E-state index >= 15 is 0 Å². The van der Waals surface area contributed by atoms with Crippen molar-refractivity contribution in [2.45, 2.75) is 19.0 Å². The largest absolute Gasteiger partial charge is 1.00 e. The van der Waals surface area contributed by atoms with Gasteiger partial charge in [0.05, 0.1) is 0 Å². The van der Waals surface area contributed by atoms with E-state index in [1.54, 1.807) is 19.9 Å². The molecule has 0 spiro atoms. The fourth-order valence-corrected chi connectivity index (χ4v) is 1.93. The van der Waals surface area contributed by atoms with Crippen LogP contribution in [-0.2, 0) is 0 Å². The minimum absolute atomic E-state index is 0. The van der Waals surface area contributed by atoms with E-state index in [9.17, 15) is 12.9 Å². The van der Waals surface area contributed by atoms with Crippen molar-refractivity contribution >= 4 is 18.7 Å². The van der Waals surface area contributed by atoms with E-state index in [-0.39, 0.29) is 57.1 Å². The number of aryl methyl sites for hydroxylation is 2. The zero-order chi connectivity index (χ0) is 12.3. The van der Waals surface area contributed by atoms with Crippen LogP contribution in [-0.4, -0.2) is 22.7 Å². The summed E-state index contributed by atoms with van der Waals surface area (Å²) < 4.78 is 36.7. The van der Waals surface area contributed by atoms with E-state index in [0.29, 0.717) is 5.16 Å². The summed E-state index contributed by atoms with van der Waals surface area (Å²) in [5, 5.41) is 0.360. The van der Waals surface area contributed by atoms with Crippen LogP contribution < -0.4 is 51.4 Å². The van der Waals surface area contributed by atoms with E-state index in [1.165, 1.54) is 0 Å². The number of rotatable bonds is 4. The summed E-state index contributed by atoms with van der Waals surface area (Å²) in [5.74, 6) is -0.216. The summed E-state index contributed by atoms with van der Waals surface area (Å²) in [5.41, 5.74) is 0.782. The Morgan fingerprint density at radius 3 is 2.18 bits per heavy atom. The predicted octanol–water partition coefficient (Wildman–Crippen LogP) is 0.132. The molecule has 1 heterocycles. The average Bonchev–Trinajstić information content (AvgIpc) is 2.11. The topological polar surface area (TPSA) is 25.8 Å². The van der Waals surface area contributed by atoms with Crippen LogP contribution in [0, 0.1) is 13.8 Å². The molecule has 0 bridgehead atoms. The SMILES string of the molecule is C=C(CSc1nc(C)cc(C)n1)[B-](F)(F)F.[K+]. The van der Waals surface area contributed by atoms with Gasteiger partial charge < -0.3 is 12.9 Å². The number of aromatic nitrogens is 2. The van der Waals surface area contributed by atoms with Crippen molar-refractivity contribution in [2.75, 3.05) is 5.75 Å². The van der Waals surface area contributed by atoms with Crippen molar-refractivity contribution in [3.8, 4) is 0 Å². The number of thioether (sulfide) groups is 1. The molecule has 2 nitrogen and oxygen atoms in total. The molecule has 0 fully saturated rings. The van der Waals surface area contributed by atoms with E-state index in [4.69, 9.17) is 0 Å². The molecule has 0 N–H and O–H groups in total. The first-order valence-corrected chi connectivity index (χ1v) is 5.60. The second-order valence-corrected chi connectivity index (χ2v) is 4.40. The Kier molecular flexibility index (Phi) is 7.58. The quantitative estimate of drug-likeness (QED) is 0.447. The van der Waals surface area contributed by atoms with Crippen LogP contribution in [0.5, 0.6) is 0 Å². The number of halogens is 3. The normalized spacial score (nSPS) is 10.9. The summed E-state index contributed by atoms with van der Waals surface area (Å²) >= 11 is 0.958. The Balaban J connectivity index is 0.00000256. The third-order valence-electron chi connectivity index (χ3n) is 1.81. The van der Waals surface area contributed by atoms with E-state index < -0.39 is 12.4 Å². The number of nitrogens with zero attached hydrogens (tertiary/aromatic N) is 2. The Bertz CT molecular complexity index is 391. The van der Waals surface area contributed by atoms with Gasteiger partial charge in [-0.15, -0.1) is 12.1 Å². The van der Waals surface area contributed by atoms with Crippen LogP contribution in [0.3, 0.4) is 0 Å². The molecule has 0 aliphatic carbocycles. The van der Waals surface area contributed by atoms with Gasteiger partial charge in [-0.05, 0) is 25.7 Å². The summed E-state index contributed by atoms with van der Waals surface area (Å²) in [6.45, 7) is 1.61. The van der Waals surface area contributed by atoms with E-state index in [2.05, 4.69) is 16.5 Å². The Hall–Kier alpha value is 0.661. The third kappa shape index (κ3) is 6.40. The first-order chi connectivity index (χ1) is 7.29. The van der Waals surface area contributed by atoms with Gasteiger partial charge in [0.15, 0.2) is 5.16 Å². The van der Waals surface area contributed by atoms with Crippen LogP contribution in [0.15, 0.2) is 23.3 Å². The number of hydrogen-bond acceptors (Lipinski definition) is 3. The zero-order valence-electron chi connectivity index (χ0n) is 10.0. The molecular formula is C9H11BF3KN2S. The molecule has 17 heavy (non-hydrogen) atoms. The van der Waals surface area contributed by atoms with Gasteiger partial charge in [0.25, 0.3) is 0 Å². The fourth-order valence-electron chi connectivity index (χ4n) is 1.01. The maximum Gasteiger partial charge on any atom is 1.00 e. The molecule has 1 aromatic rings. The fraction of sp³-hybridized carbons (Fsp3) is 0.333. The van der Waals surface area contributed by atoms with Gasteiger partial charge in [0, 0.05) is 11.4 Å². The van der Waals surface area contributed by atoms with Gasteiger partial charge in [-0.25, -0.2) is 9.97 Å². The minimum atomic E-state index is -4.96. The van der Waals surface area contributed by atoms with Crippen molar-refractivity contribution in [1.29, 1.82) is 0 Å². The first-order valence-electron chi connectivity index (χ1n) is 4.62. The molecule has 1 rings (SSSR count). The van der Waals surface area contributed by atoms with Crippen molar-refractivity contribution in [3.05, 3.63) is 29.5 Å². The molecule has 0 saturated heterocycles. The van der Waals surface area contributed by atoms with Gasteiger partial charge in [-0.3, -0.25) is 0 Å². The molecule has 8 heteroatoms. The molecule has 0 amide bonds. The molecule has 0 unspecified atom stereocenters. The van der Waals surface area contributed by atoms with Gasteiger partial charge in [-0.2, -0.15) is 0 Å². The van der Waals surface area contributed by atoms with Gasteiger partial charge in [0.1, 0.15) is 0 Å². The molecule has 0 atom stereocenters. The molecule has 0 saturated carbocycles.